The number of fused-ring (bicyclic) bond motifs is 2. The van der Waals surface area contributed by atoms with E-state index in [1.807, 2.05) is 0 Å². The Kier molecular flexibility index (Phi) is 1.30. The molecular weight excluding hydrogens is 131 g/mol. The van der Waals surface area contributed by atoms with Crippen molar-refractivity contribution in [2.75, 3.05) is 0 Å². The predicted octanol–water partition coefficient (Wildman–Crippen LogP) is 2.79. The molecule has 2 radical (unpaired) electrons. The van der Waals surface area contributed by atoms with E-state index in [2.05, 4.69) is 20.8 Å². The Morgan fingerprint density at radius 1 is 1.27 bits per heavy atom. The summed E-state index contributed by atoms with van der Waals surface area (Å²) in [6, 6.07) is 0. The summed E-state index contributed by atoms with van der Waals surface area (Å²) < 4.78 is 0. The SMILES string of the molecule is [B]C1C[C@H]2CC[C@@]1(C)C2(C)C. The quantitative estimate of drug-likeness (QED) is 0.463. The molecule has 0 saturated heterocycles. The normalized spacial score (nSPS) is 53.4. The highest BCUT2D eigenvalue weighted by molar-refractivity contribution is 6.12. The van der Waals surface area contributed by atoms with Crippen molar-refractivity contribution >= 4 is 7.85 Å². The standard InChI is InChI=1S/C10H17B/c1-9(2)7-4-5-10(9,3)8(11)6-7/h7-8H,4-6H2,1-3H3/t7-,8?,10-/m1/s1. The van der Waals surface area contributed by atoms with Crippen molar-refractivity contribution in [2.24, 2.45) is 16.7 Å². The maximum atomic E-state index is 6.13. The Bertz CT molecular complexity index is 185. The third-order valence-corrected chi connectivity index (χ3v) is 4.86. The van der Waals surface area contributed by atoms with Gasteiger partial charge in [-0.15, -0.1) is 0 Å². The highest BCUT2D eigenvalue weighted by atomic mass is 14.6. The maximum Gasteiger partial charge on any atom is 0.0707 e. The molecule has 0 nitrogen and oxygen atoms in total. The lowest BCUT2D eigenvalue weighted by Gasteiger charge is -2.38. The molecule has 0 amide bonds. The largest absolute Gasteiger partial charge is 0.0713 e. The van der Waals surface area contributed by atoms with E-state index in [1.165, 1.54) is 19.3 Å². The van der Waals surface area contributed by atoms with Gasteiger partial charge in [-0.05, 0) is 29.6 Å². The Hall–Kier alpha value is 0.0649. The minimum absolute atomic E-state index is 0.442. The second-order valence-corrected chi connectivity index (χ2v) is 5.22. The van der Waals surface area contributed by atoms with Crippen molar-refractivity contribution in [3.05, 3.63) is 0 Å². The van der Waals surface area contributed by atoms with Gasteiger partial charge >= 0.3 is 0 Å². The average molecular weight is 148 g/mol. The molecule has 2 saturated carbocycles. The van der Waals surface area contributed by atoms with Gasteiger partial charge in [-0.1, -0.05) is 33.0 Å². The second kappa shape index (κ2) is 1.86. The van der Waals surface area contributed by atoms with E-state index in [1.54, 1.807) is 0 Å². The van der Waals surface area contributed by atoms with Gasteiger partial charge in [0, 0.05) is 0 Å². The Morgan fingerprint density at radius 3 is 2.09 bits per heavy atom. The highest BCUT2D eigenvalue weighted by Crippen LogP contribution is 2.69. The molecular formula is C10H17B. The lowest BCUT2D eigenvalue weighted by molar-refractivity contribution is 0.153. The lowest BCUT2D eigenvalue weighted by Crippen LogP contribution is -2.29. The average Bonchev–Trinajstić information content (AvgIpc) is 2.20. The van der Waals surface area contributed by atoms with Crippen LogP contribution >= 0.6 is 0 Å². The molecule has 2 fully saturated rings. The van der Waals surface area contributed by atoms with Crippen LogP contribution in [0.2, 0.25) is 5.82 Å². The van der Waals surface area contributed by atoms with Crippen molar-refractivity contribution < 1.29 is 0 Å². The van der Waals surface area contributed by atoms with Gasteiger partial charge < -0.3 is 0 Å². The molecule has 3 atom stereocenters. The van der Waals surface area contributed by atoms with Crippen LogP contribution < -0.4 is 0 Å². The monoisotopic (exact) mass is 148 g/mol. The zero-order valence-corrected chi connectivity index (χ0v) is 7.85. The third kappa shape index (κ3) is 0.678. The Labute approximate surface area is 71.2 Å². The van der Waals surface area contributed by atoms with Gasteiger partial charge in [0.25, 0.3) is 0 Å². The molecule has 0 aliphatic heterocycles. The highest BCUT2D eigenvalue weighted by Gasteiger charge is 2.58. The van der Waals surface area contributed by atoms with E-state index in [4.69, 9.17) is 7.85 Å². The lowest BCUT2D eigenvalue weighted by atomic mass is 9.60. The van der Waals surface area contributed by atoms with Crippen LogP contribution in [0.25, 0.3) is 0 Å². The zero-order valence-electron chi connectivity index (χ0n) is 7.85. The van der Waals surface area contributed by atoms with Crippen molar-refractivity contribution in [1.29, 1.82) is 0 Å². The number of rotatable bonds is 0. The fraction of sp³-hybridized carbons (Fsp3) is 1.00. The maximum absolute atomic E-state index is 6.13. The molecule has 0 heterocycles. The zero-order chi connectivity index (χ0) is 8.28. The van der Waals surface area contributed by atoms with Crippen LogP contribution in [0, 0.1) is 16.7 Å². The molecule has 1 unspecified atom stereocenters. The molecule has 60 valence electrons. The van der Waals surface area contributed by atoms with Gasteiger partial charge in [-0.25, -0.2) is 0 Å². The topological polar surface area (TPSA) is 0 Å². The first-order valence-electron chi connectivity index (χ1n) is 4.74. The molecule has 2 bridgehead atoms. The number of hydrogen-bond donors (Lipinski definition) is 0. The fourth-order valence-electron chi connectivity index (χ4n) is 3.27. The van der Waals surface area contributed by atoms with E-state index in [9.17, 15) is 0 Å². The first-order valence-corrected chi connectivity index (χ1v) is 4.74. The third-order valence-electron chi connectivity index (χ3n) is 4.86. The Balaban J connectivity index is 2.40. The van der Waals surface area contributed by atoms with Crippen molar-refractivity contribution in [2.45, 2.75) is 45.9 Å². The summed E-state index contributed by atoms with van der Waals surface area (Å²) in [7, 11) is 6.13. The second-order valence-electron chi connectivity index (χ2n) is 5.22. The van der Waals surface area contributed by atoms with Crippen LogP contribution in [-0.4, -0.2) is 7.85 Å². The van der Waals surface area contributed by atoms with Crippen molar-refractivity contribution in [3.63, 3.8) is 0 Å². The van der Waals surface area contributed by atoms with Gasteiger partial charge in [-0.2, -0.15) is 0 Å². The first kappa shape index (κ1) is 7.70. The molecule has 0 aromatic carbocycles. The first-order chi connectivity index (χ1) is 4.98. The van der Waals surface area contributed by atoms with E-state index < -0.39 is 0 Å². The van der Waals surface area contributed by atoms with Crippen LogP contribution in [0.3, 0.4) is 0 Å². The van der Waals surface area contributed by atoms with Crippen LogP contribution in [0.4, 0.5) is 0 Å². The smallest absolute Gasteiger partial charge is 0.0707 e. The molecule has 0 aromatic heterocycles. The van der Waals surface area contributed by atoms with E-state index in [-0.39, 0.29) is 0 Å². The minimum atomic E-state index is 0.442. The predicted molar refractivity (Wildman–Crippen MR) is 48.7 cm³/mol. The summed E-state index contributed by atoms with van der Waals surface area (Å²) in [6.07, 6.45) is 4.03. The summed E-state index contributed by atoms with van der Waals surface area (Å²) in [4.78, 5) is 0. The summed E-state index contributed by atoms with van der Waals surface area (Å²) >= 11 is 0. The fourth-order valence-corrected chi connectivity index (χ4v) is 3.27. The summed E-state index contributed by atoms with van der Waals surface area (Å²) in [5.74, 6) is 1.37. The van der Waals surface area contributed by atoms with Crippen LogP contribution in [0.15, 0.2) is 0 Å². The van der Waals surface area contributed by atoms with Gasteiger partial charge in [0.05, 0.1) is 7.85 Å². The van der Waals surface area contributed by atoms with Crippen LogP contribution in [0.5, 0.6) is 0 Å². The van der Waals surface area contributed by atoms with Gasteiger partial charge in [0.15, 0.2) is 0 Å². The van der Waals surface area contributed by atoms with E-state index in [0.717, 1.165) is 5.92 Å². The van der Waals surface area contributed by atoms with Crippen LogP contribution in [-0.2, 0) is 0 Å². The molecule has 2 aliphatic rings. The van der Waals surface area contributed by atoms with Crippen LogP contribution in [0.1, 0.15) is 40.0 Å². The molecule has 1 heteroatoms. The van der Waals surface area contributed by atoms with Gasteiger partial charge in [0.1, 0.15) is 0 Å². The van der Waals surface area contributed by atoms with E-state index >= 15 is 0 Å². The summed E-state index contributed by atoms with van der Waals surface area (Å²) in [6.45, 7) is 7.18. The molecule has 11 heavy (non-hydrogen) atoms. The minimum Gasteiger partial charge on any atom is -0.0713 e. The molecule has 0 spiro atoms. The molecule has 2 rings (SSSR count). The number of hydrogen-bond acceptors (Lipinski definition) is 0. The van der Waals surface area contributed by atoms with Crippen molar-refractivity contribution in [3.8, 4) is 0 Å². The van der Waals surface area contributed by atoms with Gasteiger partial charge in [-0.3, -0.25) is 0 Å². The summed E-state index contributed by atoms with van der Waals surface area (Å²) in [5.41, 5.74) is 0.948. The molecule has 0 aromatic rings. The Morgan fingerprint density at radius 2 is 1.91 bits per heavy atom. The van der Waals surface area contributed by atoms with E-state index in [0.29, 0.717) is 16.6 Å². The molecule has 0 N–H and O–H groups in total. The summed E-state index contributed by atoms with van der Waals surface area (Å²) in [5, 5.41) is 0. The molecule has 2 aliphatic carbocycles. The van der Waals surface area contributed by atoms with Crippen molar-refractivity contribution in [1.82, 2.24) is 0 Å². The van der Waals surface area contributed by atoms with Gasteiger partial charge in [0.2, 0.25) is 0 Å².